The van der Waals surface area contributed by atoms with Crippen molar-refractivity contribution in [1.29, 1.82) is 0 Å². The predicted octanol–water partition coefficient (Wildman–Crippen LogP) is 4.37. The number of hydrogen-bond donors (Lipinski definition) is 1. The molecule has 26 heavy (non-hydrogen) atoms. The maximum Gasteiger partial charge on any atom is 0.254 e. The maximum absolute atomic E-state index is 12.7. The molecule has 0 radical (unpaired) electrons. The smallest absolute Gasteiger partial charge is 0.254 e. The molecule has 1 N–H and O–H groups in total. The number of hydrogen-bond acceptors (Lipinski definition) is 6. The molecule has 0 aliphatic heterocycles. The van der Waals surface area contributed by atoms with Crippen LogP contribution < -0.4 is 5.32 Å². The van der Waals surface area contributed by atoms with E-state index in [9.17, 15) is 4.79 Å². The number of amides is 1. The highest BCUT2D eigenvalue weighted by molar-refractivity contribution is 7.98. The van der Waals surface area contributed by atoms with Gasteiger partial charge in [0.25, 0.3) is 5.91 Å². The monoisotopic (exact) mass is 371 g/mol. The van der Waals surface area contributed by atoms with Crippen LogP contribution >= 0.6 is 11.8 Å². The summed E-state index contributed by atoms with van der Waals surface area (Å²) in [5.41, 5.74) is 2.43. The fourth-order valence-corrected chi connectivity index (χ4v) is 3.70. The van der Waals surface area contributed by atoms with Crippen molar-refractivity contribution in [3.8, 4) is 0 Å². The van der Waals surface area contributed by atoms with Crippen LogP contribution in [0.3, 0.4) is 0 Å². The van der Waals surface area contributed by atoms with E-state index in [1.807, 2.05) is 39.8 Å². The van der Waals surface area contributed by atoms with Crippen molar-refractivity contribution in [3.05, 3.63) is 64.6 Å². The van der Waals surface area contributed by atoms with Crippen LogP contribution in [0.5, 0.6) is 0 Å². The Balaban J connectivity index is 1.73. The number of thioether (sulfide) groups is 1. The van der Waals surface area contributed by atoms with Crippen LogP contribution in [-0.4, -0.2) is 16.0 Å². The van der Waals surface area contributed by atoms with Gasteiger partial charge in [0.15, 0.2) is 0 Å². The van der Waals surface area contributed by atoms with E-state index in [-0.39, 0.29) is 11.9 Å². The Morgan fingerprint density at radius 3 is 2.73 bits per heavy atom. The van der Waals surface area contributed by atoms with Crippen LogP contribution in [0.25, 0.3) is 0 Å². The van der Waals surface area contributed by atoms with Crippen molar-refractivity contribution in [2.24, 2.45) is 0 Å². The number of carbonyl (C=O) groups excluding carboxylic acids is 1. The van der Waals surface area contributed by atoms with E-state index >= 15 is 0 Å². The Labute approximate surface area is 156 Å². The first-order valence-corrected chi connectivity index (χ1v) is 9.31. The summed E-state index contributed by atoms with van der Waals surface area (Å²) in [6.45, 7) is 7.56. The summed E-state index contributed by atoms with van der Waals surface area (Å²) in [6.07, 6.45) is 1.69. The molecule has 1 atom stereocenters. The molecule has 0 saturated heterocycles. The van der Waals surface area contributed by atoms with Gasteiger partial charge in [-0.25, -0.2) is 4.98 Å². The number of aromatic nitrogens is 2. The van der Waals surface area contributed by atoms with Gasteiger partial charge in [-0.05, 0) is 52.0 Å². The van der Waals surface area contributed by atoms with Crippen LogP contribution in [0.15, 0.2) is 44.4 Å². The SMILES string of the molecule is Cc1ccc(C(C)NC(=O)c2cccnc2SCc2c(C)noc2C)o1. The first-order chi connectivity index (χ1) is 12.5. The standard InChI is InChI=1S/C19H21N3O3S/c1-11-7-8-17(24-11)13(3)21-18(23)15-6-5-9-20-19(15)26-10-16-12(2)22-25-14(16)4/h5-9,13H,10H2,1-4H3,(H,21,23). The minimum absolute atomic E-state index is 0.180. The zero-order valence-electron chi connectivity index (χ0n) is 15.2. The highest BCUT2D eigenvalue weighted by Gasteiger charge is 2.18. The zero-order chi connectivity index (χ0) is 18.7. The van der Waals surface area contributed by atoms with Crippen LogP contribution in [0.2, 0.25) is 0 Å². The largest absolute Gasteiger partial charge is 0.464 e. The Hall–Kier alpha value is -2.54. The van der Waals surface area contributed by atoms with Gasteiger partial charge in [-0.1, -0.05) is 5.16 Å². The molecule has 3 heterocycles. The van der Waals surface area contributed by atoms with E-state index in [2.05, 4.69) is 15.5 Å². The van der Waals surface area contributed by atoms with Gasteiger partial charge in [0.1, 0.15) is 22.3 Å². The molecule has 0 bridgehead atoms. The summed E-state index contributed by atoms with van der Waals surface area (Å²) >= 11 is 1.49. The first-order valence-electron chi connectivity index (χ1n) is 8.32. The van der Waals surface area contributed by atoms with E-state index in [1.165, 1.54) is 11.8 Å². The number of nitrogens with one attached hydrogen (secondary N) is 1. The van der Waals surface area contributed by atoms with Crippen molar-refractivity contribution in [2.45, 2.75) is 44.5 Å². The van der Waals surface area contributed by atoms with Crippen molar-refractivity contribution in [3.63, 3.8) is 0 Å². The molecule has 1 amide bonds. The van der Waals surface area contributed by atoms with Gasteiger partial charge >= 0.3 is 0 Å². The summed E-state index contributed by atoms with van der Waals surface area (Å²) in [7, 11) is 0. The van der Waals surface area contributed by atoms with Crippen molar-refractivity contribution in [2.75, 3.05) is 0 Å². The van der Waals surface area contributed by atoms with E-state index < -0.39 is 0 Å². The molecular formula is C19H21N3O3S. The molecule has 136 valence electrons. The van der Waals surface area contributed by atoms with E-state index in [0.717, 1.165) is 28.5 Å². The van der Waals surface area contributed by atoms with Crippen LogP contribution in [0, 0.1) is 20.8 Å². The lowest BCUT2D eigenvalue weighted by Gasteiger charge is -2.13. The van der Waals surface area contributed by atoms with Crippen molar-refractivity contribution >= 4 is 17.7 Å². The average Bonchev–Trinajstić information content (AvgIpc) is 3.19. The Bertz CT molecular complexity index is 897. The number of aryl methyl sites for hydroxylation is 3. The molecule has 0 aromatic carbocycles. The predicted molar refractivity (Wildman–Crippen MR) is 99.1 cm³/mol. The van der Waals surface area contributed by atoms with Gasteiger partial charge < -0.3 is 14.3 Å². The lowest BCUT2D eigenvalue weighted by molar-refractivity contribution is 0.0931. The third-order valence-electron chi connectivity index (χ3n) is 4.09. The molecule has 0 aliphatic rings. The number of rotatable bonds is 6. The molecular weight excluding hydrogens is 350 g/mol. The molecule has 1 unspecified atom stereocenters. The molecule has 3 rings (SSSR count). The van der Waals surface area contributed by atoms with Crippen LogP contribution in [0.1, 0.15) is 51.9 Å². The minimum atomic E-state index is -0.225. The minimum Gasteiger partial charge on any atom is -0.464 e. The van der Waals surface area contributed by atoms with Crippen LogP contribution in [-0.2, 0) is 5.75 Å². The molecule has 0 aliphatic carbocycles. The molecule has 7 heteroatoms. The second-order valence-electron chi connectivity index (χ2n) is 6.09. The van der Waals surface area contributed by atoms with E-state index in [1.54, 1.807) is 18.3 Å². The fourth-order valence-electron chi connectivity index (χ4n) is 2.56. The molecule has 6 nitrogen and oxygen atoms in total. The molecule has 3 aromatic heterocycles. The third-order valence-corrected chi connectivity index (χ3v) is 5.12. The number of carbonyl (C=O) groups is 1. The van der Waals surface area contributed by atoms with Gasteiger partial charge in [0.05, 0.1) is 17.3 Å². The molecule has 0 fully saturated rings. The summed E-state index contributed by atoms with van der Waals surface area (Å²) in [5.74, 6) is 2.80. The zero-order valence-corrected chi connectivity index (χ0v) is 16.0. The van der Waals surface area contributed by atoms with E-state index in [4.69, 9.17) is 8.94 Å². The van der Waals surface area contributed by atoms with Gasteiger partial charge in [0.2, 0.25) is 0 Å². The van der Waals surface area contributed by atoms with Crippen LogP contribution in [0.4, 0.5) is 0 Å². The third kappa shape index (κ3) is 3.99. The average molecular weight is 371 g/mol. The van der Waals surface area contributed by atoms with E-state index in [0.29, 0.717) is 16.3 Å². The first kappa shape index (κ1) is 18.3. The lowest BCUT2D eigenvalue weighted by atomic mass is 10.2. The van der Waals surface area contributed by atoms with Gasteiger partial charge in [-0.2, -0.15) is 0 Å². The normalized spacial score (nSPS) is 12.2. The summed E-state index contributed by atoms with van der Waals surface area (Å²) in [5, 5.41) is 7.60. The second-order valence-corrected chi connectivity index (χ2v) is 7.06. The molecule has 0 spiro atoms. The Morgan fingerprint density at radius 1 is 1.27 bits per heavy atom. The lowest BCUT2D eigenvalue weighted by Crippen LogP contribution is -2.27. The maximum atomic E-state index is 12.7. The van der Waals surface area contributed by atoms with Gasteiger partial charge in [-0.15, -0.1) is 11.8 Å². The summed E-state index contributed by atoms with van der Waals surface area (Å²) in [6, 6.07) is 7.06. The molecule has 3 aromatic rings. The Morgan fingerprint density at radius 2 is 2.08 bits per heavy atom. The summed E-state index contributed by atoms with van der Waals surface area (Å²) < 4.78 is 10.8. The highest BCUT2D eigenvalue weighted by atomic mass is 32.2. The van der Waals surface area contributed by atoms with Crippen molar-refractivity contribution < 1.29 is 13.7 Å². The number of nitrogens with zero attached hydrogens (tertiary/aromatic N) is 2. The molecule has 0 saturated carbocycles. The Kier molecular flexibility index (Phi) is 5.46. The second kappa shape index (κ2) is 7.78. The summed E-state index contributed by atoms with van der Waals surface area (Å²) in [4.78, 5) is 17.1. The van der Waals surface area contributed by atoms with Crippen molar-refractivity contribution in [1.82, 2.24) is 15.5 Å². The topological polar surface area (TPSA) is 81.2 Å². The quantitative estimate of drug-likeness (QED) is 0.648. The van der Waals surface area contributed by atoms with Gasteiger partial charge in [0, 0.05) is 17.5 Å². The highest BCUT2D eigenvalue weighted by Crippen LogP contribution is 2.27. The fraction of sp³-hybridized carbons (Fsp3) is 0.316. The van der Waals surface area contributed by atoms with Gasteiger partial charge in [-0.3, -0.25) is 4.79 Å². The number of pyridine rings is 1. The number of furan rings is 1.